The molecule has 0 aliphatic rings. The van der Waals surface area contributed by atoms with Crippen molar-refractivity contribution in [3.05, 3.63) is 65.5 Å². The van der Waals surface area contributed by atoms with Gasteiger partial charge in [0.15, 0.2) is 16.8 Å². The molecule has 28 heavy (non-hydrogen) atoms. The maximum absolute atomic E-state index is 12.4. The van der Waals surface area contributed by atoms with Crippen LogP contribution in [0.1, 0.15) is 28.7 Å². The van der Waals surface area contributed by atoms with E-state index in [-0.39, 0.29) is 5.78 Å². The number of rotatable bonds is 9. The molecule has 0 amide bonds. The van der Waals surface area contributed by atoms with Crippen LogP contribution in [0.25, 0.3) is 0 Å². The van der Waals surface area contributed by atoms with Crippen LogP contribution in [0.5, 0.6) is 5.75 Å². The molecule has 0 aliphatic carbocycles. The Hall–Kier alpha value is -2.80. The summed E-state index contributed by atoms with van der Waals surface area (Å²) < 4.78 is 7.16. The first-order chi connectivity index (χ1) is 13.6. The second-order valence-corrected chi connectivity index (χ2v) is 7.25. The fourth-order valence-corrected chi connectivity index (χ4v) is 3.63. The highest BCUT2D eigenvalue weighted by Gasteiger charge is 2.14. The second-order valence-electron chi connectivity index (χ2n) is 6.30. The van der Waals surface area contributed by atoms with Gasteiger partial charge in [-0.2, -0.15) is 0 Å². The first kappa shape index (κ1) is 19.9. The van der Waals surface area contributed by atoms with Crippen molar-refractivity contribution in [2.45, 2.75) is 32.1 Å². The van der Waals surface area contributed by atoms with Gasteiger partial charge in [0.05, 0.1) is 19.4 Å². The molecule has 7 heteroatoms. The van der Waals surface area contributed by atoms with E-state index in [1.54, 1.807) is 31.4 Å². The van der Waals surface area contributed by atoms with E-state index in [1.807, 2.05) is 23.6 Å². The van der Waals surface area contributed by atoms with E-state index < -0.39 is 0 Å². The molecule has 2 aromatic carbocycles. The topological polar surface area (TPSA) is 69.0 Å². The number of anilines is 1. The van der Waals surface area contributed by atoms with E-state index in [9.17, 15) is 4.79 Å². The quantitative estimate of drug-likeness (QED) is 0.432. The molecule has 1 N–H and O–H groups in total. The van der Waals surface area contributed by atoms with Gasteiger partial charge >= 0.3 is 0 Å². The number of aryl methyl sites for hydroxylation is 1. The number of ketones is 1. The molecule has 0 saturated heterocycles. The van der Waals surface area contributed by atoms with Crippen LogP contribution in [-0.4, -0.2) is 33.4 Å². The van der Waals surface area contributed by atoms with Crippen molar-refractivity contribution >= 4 is 23.2 Å². The summed E-state index contributed by atoms with van der Waals surface area (Å²) in [6.07, 6.45) is 0. The molecule has 0 radical (unpaired) electrons. The Kier molecular flexibility index (Phi) is 6.71. The Balaban J connectivity index is 1.61. The predicted molar refractivity (Wildman–Crippen MR) is 112 cm³/mol. The fraction of sp³-hybridized carbons (Fsp3) is 0.286. The molecule has 3 aromatic rings. The van der Waals surface area contributed by atoms with Crippen LogP contribution < -0.4 is 10.1 Å². The van der Waals surface area contributed by atoms with Crippen molar-refractivity contribution in [3.63, 3.8) is 0 Å². The minimum Gasteiger partial charge on any atom is -0.497 e. The number of methoxy groups -OCH3 is 1. The molecular weight excluding hydrogens is 372 g/mol. The van der Waals surface area contributed by atoms with Gasteiger partial charge in [0, 0.05) is 17.8 Å². The Bertz CT molecular complexity index is 921. The molecule has 6 nitrogen and oxygen atoms in total. The zero-order valence-corrected chi connectivity index (χ0v) is 17.1. The number of thioether (sulfide) groups is 1. The van der Waals surface area contributed by atoms with E-state index in [0.717, 1.165) is 29.0 Å². The zero-order valence-electron chi connectivity index (χ0n) is 16.3. The minimum absolute atomic E-state index is 0.0534. The average molecular weight is 397 g/mol. The number of nitrogens with one attached hydrogen (secondary N) is 1. The summed E-state index contributed by atoms with van der Waals surface area (Å²) in [7, 11) is 1.61. The molecule has 1 aromatic heterocycles. The maximum Gasteiger partial charge on any atom is 0.191 e. The van der Waals surface area contributed by atoms with Crippen molar-refractivity contribution in [2.75, 3.05) is 18.2 Å². The number of ether oxygens (including phenoxy) is 1. The third kappa shape index (κ3) is 4.92. The van der Waals surface area contributed by atoms with E-state index in [1.165, 1.54) is 17.3 Å². The summed E-state index contributed by atoms with van der Waals surface area (Å²) >= 11 is 1.41. The third-order valence-electron chi connectivity index (χ3n) is 4.36. The lowest BCUT2D eigenvalue weighted by Crippen LogP contribution is -2.09. The van der Waals surface area contributed by atoms with Crippen molar-refractivity contribution in [2.24, 2.45) is 0 Å². The summed E-state index contributed by atoms with van der Waals surface area (Å²) in [5.74, 6) is 1.95. The monoisotopic (exact) mass is 396 g/mol. The molecule has 0 bridgehead atoms. The Labute approximate surface area is 169 Å². The highest BCUT2D eigenvalue weighted by Crippen LogP contribution is 2.20. The van der Waals surface area contributed by atoms with Crippen LogP contribution in [0, 0.1) is 6.92 Å². The summed E-state index contributed by atoms with van der Waals surface area (Å²) in [6, 6.07) is 15.4. The summed E-state index contributed by atoms with van der Waals surface area (Å²) in [5.41, 5.74) is 2.93. The number of hydrogen-bond donors (Lipinski definition) is 1. The lowest BCUT2D eigenvalue weighted by molar-refractivity contribution is 0.102. The van der Waals surface area contributed by atoms with Crippen molar-refractivity contribution < 1.29 is 9.53 Å². The Morgan fingerprint density at radius 2 is 1.82 bits per heavy atom. The number of aromatic nitrogens is 3. The zero-order chi connectivity index (χ0) is 19.9. The lowest BCUT2D eigenvalue weighted by Gasteiger charge is -2.09. The van der Waals surface area contributed by atoms with Crippen molar-refractivity contribution in [1.29, 1.82) is 0 Å². The third-order valence-corrected chi connectivity index (χ3v) is 5.32. The molecular formula is C21H24N4O2S. The number of benzene rings is 2. The molecule has 0 atom stereocenters. The van der Waals surface area contributed by atoms with Gasteiger partial charge in [-0.1, -0.05) is 29.5 Å². The number of hydrogen-bond acceptors (Lipinski definition) is 6. The summed E-state index contributed by atoms with van der Waals surface area (Å²) in [6.45, 7) is 5.44. The van der Waals surface area contributed by atoms with E-state index in [4.69, 9.17) is 4.74 Å². The van der Waals surface area contributed by atoms with Gasteiger partial charge < -0.3 is 14.6 Å². The van der Waals surface area contributed by atoms with E-state index in [2.05, 4.69) is 34.6 Å². The van der Waals surface area contributed by atoms with Crippen LogP contribution >= 0.6 is 11.8 Å². The lowest BCUT2D eigenvalue weighted by atomic mass is 10.1. The van der Waals surface area contributed by atoms with Crippen LogP contribution in [0.15, 0.2) is 53.7 Å². The summed E-state index contributed by atoms with van der Waals surface area (Å²) in [5, 5.41) is 12.7. The largest absolute Gasteiger partial charge is 0.497 e. The van der Waals surface area contributed by atoms with Gasteiger partial charge in [-0.15, -0.1) is 10.2 Å². The highest BCUT2D eigenvalue weighted by atomic mass is 32.2. The molecule has 0 spiro atoms. The van der Waals surface area contributed by atoms with Crippen molar-refractivity contribution in [1.82, 2.24) is 14.8 Å². The molecule has 3 rings (SSSR count). The van der Waals surface area contributed by atoms with Crippen LogP contribution in [0.2, 0.25) is 0 Å². The molecule has 0 saturated carbocycles. The van der Waals surface area contributed by atoms with Gasteiger partial charge in [0.2, 0.25) is 0 Å². The number of carbonyl (C=O) groups excluding carboxylic acids is 1. The van der Waals surface area contributed by atoms with Crippen molar-refractivity contribution in [3.8, 4) is 5.75 Å². The van der Waals surface area contributed by atoms with Crippen LogP contribution in [-0.2, 0) is 13.1 Å². The SMILES string of the molecule is CCn1c(CNc2ccc(C)cc2)nnc1SCC(=O)c1ccc(OC)cc1. The van der Waals surface area contributed by atoms with Gasteiger partial charge in [-0.25, -0.2) is 0 Å². The Morgan fingerprint density at radius 3 is 2.46 bits per heavy atom. The second kappa shape index (κ2) is 9.41. The summed E-state index contributed by atoms with van der Waals surface area (Å²) in [4.78, 5) is 12.4. The predicted octanol–water partition coefficient (Wildman–Crippen LogP) is 4.20. The van der Waals surface area contributed by atoms with Gasteiger partial charge in [0.1, 0.15) is 5.75 Å². The molecule has 146 valence electrons. The van der Waals surface area contributed by atoms with E-state index in [0.29, 0.717) is 17.9 Å². The minimum atomic E-state index is 0.0534. The number of Topliss-reactive ketones (excluding diaryl/α,β-unsaturated/α-hetero) is 1. The fourth-order valence-electron chi connectivity index (χ4n) is 2.72. The van der Waals surface area contributed by atoms with Crippen LogP contribution in [0.4, 0.5) is 5.69 Å². The standard InChI is InChI=1S/C21H24N4O2S/c1-4-25-20(13-22-17-9-5-15(2)6-10-17)23-24-21(25)28-14-19(26)16-7-11-18(27-3)12-8-16/h5-12,22H,4,13-14H2,1-3H3. The van der Waals surface area contributed by atoms with Crippen LogP contribution in [0.3, 0.4) is 0 Å². The molecule has 1 heterocycles. The van der Waals surface area contributed by atoms with Gasteiger partial charge in [-0.05, 0) is 50.2 Å². The smallest absolute Gasteiger partial charge is 0.191 e. The Morgan fingerprint density at radius 1 is 1.11 bits per heavy atom. The number of carbonyl (C=O) groups is 1. The molecule has 0 unspecified atom stereocenters. The van der Waals surface area contributed by atoms with Gasteiger partial charge in [0.25, 0.3) is 0 Å². The maximum atomic E-state index is 12.4. The molecule has 0 aliphatic heterocycles. The normalized spacial score (nSPS) is 10.7. The first-order valence-corrected chi connectivity index (χ1v) is 10.1. The van der Waals surface area contributed by atoms with E-state index >= 15 is 0 Å². The van der Waals surface area contributed by atoms with Gasteiger partial charge in [-0.3, -0.25) is 4.79 Å². The first-order valence-electron chi connectivity index (χ1n) is 9.13. The molecule has 0 fully saturated rings. The average Bonchev–Trinajstić information content (AvgIpc) is 3.13. The number of nitrogens with zero attached hydrogens (tertiary/aromatic N) is 3. The highest BCUT2D eigenvalue weighted by molar-refractivity contribution is 7.99.